The SMILES string of the molecule is COC(C)CNS(=O)(=O)c1ccc(F)c(C(=O)O)c1F. The van der Waals surface area contributed by atoms with Crippen molar-refractivity contribution in [1.82, 2.24) is 4.72 Å². The average molecular weight is 309 g/mol. The van der Waals surface area contributed by atoms with Gasteiger partial charge < -0.3 is 9.84 Å². The molecule has 0 aliphatic rings. The molecule has 1 rings (SSSR count). The van der Waals surface area contributed by atoms with Gasteiger partial charge in [0, 0.05) is 13.7 Å². The Hall–Kier alpha value is -1.58. The molecular weight excluding hydrogens is 296 g/mol. The molecule has 0 heterocycles. The van der Waals surface area contributed by atoms with Gasteiger partial charge in [-0.25, -0.2) is 26.7 Å². The summed E-state index contributed by atoms with van der Waals surface area (Å²) in [6.45, 7) is 1.43. The summed E-state index contributed by atoms with van der Waals surface area (Å²) in [5, 5.41) is 8.68. The topological polar surface area (TPSA) is 92.7 Å². The minimum Gasteiger partial charge on any atom is -0.477 e. The maximum absolute atomic E-state index is 13.8. The predicted molar refractivity (Wildman–Crippen MR) is 65.0 cm³/mol. The second-order valence-electron chi connectivity index (χ2n) is 3.94. The fourth-order valence-corrected chi connectivity index (χ4v) is 2.52. The molecule has 0 aromatic heterocycles. The molecule has 112 valence electrons. The average Bonchev–Trinajstić information content (AvgIpc) is 2.35. The number of rotatable bonds is 6. The van der Waals surface area contributed by atoms with Crippen LogP contribution in [0.3, 0.4) is 0 Å². The molecule has 1 atom stereocenters. The number of carboxylic acid groups (broad SMARTS) is 1. The Balaban J connectivity index is 3.20. The number of halogens is 2. The summed E-state index contributed by atoms with van der Waals surface area (Å²) in [6, 6.07) is 1.25. The van der Waals surface area contributed by atoms with Gasteiger partial charge in [-0.3, -0.25) is 0 Å². The van der Waals surface area contributed by atoms with Crippen LogP contribution >= 0.6 is 0 Å². The molecule has 0 bridgehead atoms. The van der Waals surface area contributed by atoms with E-state index < -0.39 is 44.2 Å². The van der Waals surface area contributed by atoms with Crippen molar-refractivity contribution in [1.29, 1.82) is 0 Å². The van der Waals surface area contributed by atoms with E-state index >= 15 is 0 Å². The maximum Gasteiger partial charge on any atom is 0.341 e. The van der Waals surface area contributed by atoms with Crippen molar-refractivity contribution < 1.29 is 31.8 Å². The number of aromatic carboxylic acids is 1. The van der Waals surface area contributed by atoms with Crippen LogP contribution in [0.4, 0.5) is 8.78 Å². The second kappa shape index (κ2) is 6.25. The first-order valence-electron chi connectivity index (χ1n) is 5.44. The Kier molecular flexibility index (Phi) is 5.15. The third kappa shape index (κ3) is 3.50. The number of nitrogens with one attached hydrogen (secondary N) is 1. The molecule has 0 spiro atoms. The molecule has 1 aromatic carbocycles. The molecule has 0 saturated carbocycles. The highest BCUT2D eigenvalue weighted by Crippen LogP contribution is 2.21. The first-order valence-corrected chi connectivity index (χ1v) is 6.92. The lowest BCUT2D eigenvalue weighted by atomic mass is 10.2. The van der Waals surface area contributed by atoms with Crippen molar-refractivity contribution in [2.75, 3.05) is 13.7 Å². The van der Waals surface area contributed by atoms with Crippen LogP contribution in [0.1, 0.15) is 17.3 Å². The van der Waals surface area contributed by atoms with Crippen molar-refractivity contribution in [3.05, 3.63) is 29.3 Å². The van der Waals surface area contributed by atoms with Crippen LogP contribution in [0.2, 0.25) is 0 Å². The summed E-state index contributed by atoms with van der Waals surface area (Å²) in [6.07, 6.45) is -0.466. The summed E-state index contributed by atoms with van der Waals surface area (Å²) in [4.78, 5) is 9.79. The molecule has 0 aliphatic heterocycles. The molecule has 6 nitrogen and oxygen atoms in total. The van der Waals surface area contributed by atoms with Crippen molar-refractivity contribution in [3.8, 4) is 0 Å². The Morgan fingerprint density at radius 2 is 2.05 bits per heavy atom. The fraction of sp³-hybridized carbons (Fsp3) is 0.364. The Morgan fingerprint density at radius 3 is 2.55 bits per heavy atom. The molecule has 1 aromatic rings. The predicted octanol–water partition coefficient (Wildman–Crippen LogP) is 0.976. The summed E-state index contributed by atoms with van der Waals surface area (Å²) in [5.74, 6) is -4.88. The highest BCUT2D eigenvalue weighted by molar-refractivity contribution is 7.89. The monoisotopic (exact) mass is 309 g/mol. The summed E-state index contributed by atoms with van der Waals surface area (Å²) < 4.78 is 57.5. The molecule has 20 heavy (non-hydrogen) atoms. The molecule has 0 saturated heterocycles. The largest absolute Gasteiger partial charge is 0.477 e. The standard InChI is InChI=1S/C11H13F2NO5S/c1-6(19-2)5-14-20(17,18)8-4-3-7(12)9(10(8)13)11(15)16/h3-4,6,14H,5H2,1-2H3,(H,15,16). The van der Waals surface area contributed by atoms with Gasteiger partial charge >= 0.3 is 5.97 Å². The van der Waals surface area contributed by atoms with Crippen LogP contribution in [-0.4, -0.2) is 39.3 Å². The number of carbonyl (C=O) groups is 1. The number of ether oxygens (including phenoxy) is 1. The van der Waals surface area contributed by atoms with Crippen molar-refractivity contribution in [2.24, 2.45) is 0 Å². The zero-order valence-corrected chi connectivity index (χ0v) is 11.5. The summed E-state index contributed by atoms with van der Waals surface area (Å²) >= 11 is 0. The minimum absolute atomic E-state index is 0.141. The zero-order valence-electron chi connectivity index (χ0n) is 10.7. The van der Waals surface area contributed by atoms with Gasteiger partial charge in [0.2, 0.25) is 10.0 Å². The number of carboxylic acids is 1. The van der Waals surface area contributed by atoms with Gasteiger partial charge in [-0.2, -0.15) is 0 Å². The van der Waals surface area contributed by atoms with Gasteiger partial charge in [0.05, 0.1) is 6.10 Å². The van der Waals surface area contributed by atoms with Crippen LogP contribution in [-0.2, 0) is 14.8 Å². The Labute approximate surface area is 114 Å². The van der Waals surface area contributed by atoms with Crippen LogP contribution in [0.15, 0.2) is 17.0 Å². The van der Waals surface area contributed by atoms with Gasteiger partial charge in [-0.1, -0.05) is 0 Å². The van der Waals surface area contributed by atoms with E-state index in [1.165, 1.54) is 7.11 Å². The van der Waals surface area contributed by atoms with E-state index in [1.807, 2.05) is 4.72 Å². The van der Waals surface area contributed by atoms with E-state index in [1.54, 1.807) is 6.92 Å². The molecule has 0 amide bonds. The third-order valence-corrected chi connectivity index (χ3v) is 3.96. The van der Waals surface area contributed by atoms with Gasteiger partial charge in [-0.05, 0) is 19.1 Å². The lowest BCUT2D eigenvalue weighted by Crippen LogP contribution is -2.32. The molecule has 0 fully saturated rings. The van der Waals surface area contributed by atoms with E-state index in [0.29, 0.717) is 12.1 Å². The number of benzene rings is 1. The number of hydrogen-bond acceptors (Lipinski definition) is 4. The minimum atomic E-state index is -4.30. The lowest BCUT2D eigenvalue weighted by Gasteiger charge is -2.12. The van der Waals surface area contributed by atoms with E-state index in [9.17, 15) is 22.0 Å². The highest BCUT2D eigenvalue weighted by Gasteiger charge is 2.27. The Bertz CT molecular complexity index is 617. The molecule has 2 N–H and O–H groups in total. The highest BCUT2D eigenvalue weighted by atomic mass is 32.2. The van der Waals surface area contributed by atoms with Crippen molar-refractivity contribution in [2.45, 2.75) is 17.9 Å². The van der Waals surface area contributed by atoms with Crippen LogP contribution < -0.4 is 4.72 Å². The molecule has 0 radical (unpaired) electrons. The molecule has 1 unspecified atom stereocenters. The molecule has 9 heteroatoms. The van der Waals surface area contributed by atoms with Crippen LogP contribution in [0.25, 0.3) is 0 Å². The summed E-state index contributed by atoms with van der Waals surface area (Å²) in [7, 11) is -2.94. The quantitative estimate of drug-likeness (QED) is 0.817. The second-order valence-corrected chi connectivity index (χ2v) is 5.67. The van der Waals surface area contributed by atoms with Crippen molar-refractivity contribution >= 4 is 16.0 Å². The maximum atomic E-state index is 13.8. The molecular formula is C11H13F2NO5S. The first-order chi connectivity index (χ1) is 9.20. The van der Waals surface area contributed by atoms with Gasteiger partial charge in [-0.15, -0.1) is 0 Å². The number of hydrogen-bond donors (Lipinski definition) is 2. The first kappa shape index (κ1) is 16.5. The van der Waals surface area contributed by atoms with Crippen LogP contribution in [0, 0.1) is 11.6 Å². The third-order valence-electron chi connectivity index (χ3n) is 2.52. The van der Waals surface area contributed by atoms with Crippen molar-refractivity contribution in [3.63, 3.8) is 0 Å². The fourth-order valence-electron chi connectivity index (χ4n) is 1.33. The summed E-state index contributed by atoms with van der Waals surface area (Å²) in [5.41, 5.74) is -1.31. The normalized spacial score (nSPS) is 13.2. The van der Waals surface area contributed by atoms with Crippen LogP contribution in [0.5, 0.6) is 0 Å². The Morgan fingerprint density at radius 1 is 1.45 bits per heavy atom. The van der Waals surface area contributed by atoms with E-state index in [-0.39, 0.29) is 6.54 Å². The van der Waals surface area contributed by atoms with Gasteiger partial charge in [0.15, 0.2) is 5.82 Å². The molecule has 0 aliphatic carbocycles. The van der Waals surface area contributed by atoms with E-state index in [4.69, 9.17) is 9.84 Å². The number of methoxy groups -OCH3 is 1. The van der Waals surface area contributed by atoms with Gasteiger partial charge in [0.25, 0.3) is 0 Å². The van der Waals surface area contributed by atoms with Gasteiger partial charge in [0.1, 0.15) is 16.3 Å². The lowest BCUT2D eigenvalue weighted by molar-refractivity contribution is 0.0685. The zero-order chi connectivity index (χ0) is 15.5. The smallest absolute Gasteiger partial charge is 0.341 e. The van der Waals surface area contributed by atoms with E-state index in [2.05, 4.69) is 0 Å². The number of sulfonamides is 1. The van der Waals surface area contributed by atoms with E-state index in [0.717, 1.165) is 0 Å².